The molecule has 0 aliphatic carbocycles. The number of carbonyl (C=O) groups is 1. The predicted molar refractivity (Wildman–Crippen MR) is 96.3 cm³/mol. The van der Waals surface area contributed by atoms with Crippen molar-refractivity contribution in [3.63, 3.8) is 0 Å². The van der Waals surface area contributed by atoms with E-state index in [0.29, 0.717) is 21.4 Å². The van der Waals surface area contributed by atoms with E-state index in [1.165, 1.54) is 17.4 Å². The van der Waals surface area contributed by atoms with Crippen molar-refractivity contribution in [1.82, 2.24) is 15.0 Å². The number of rotatable bonds is 4. The monoisotopic (exact) mass is 393 g/mol. The normalized spacial score (nSPS) is 11.3. The van der Waals surface area contributed by atoms with E-state index < -0.39 is 17.8 Å². The Labute approximate surface area is 156 Å². The van der Waals surface area contributed by atoms with Crippen molar-refractivity contribution in [2.24, 2.45) is 0 Å². The molecule has 0 spiro atoms. The van der Waals surface area contributed by atoms with Crippen molar-refractivity contribution >= 4 is 33.6 Å². The van der Waals surface area contributed by atoms with Crippen LogP contribution in [-0.2, 0) is 6.18 Å². The van der Waals surface area contributed by atoms with Gasteiger partial charge < -0.3 is 10.6 Å². The van der Waals surface area contributed by atoms with E-state index in [1.54, 1.807) is 32.2 Å². The Morgan fingerprint density at radius 2 is 1.89 bits per heavy atom. The van der Waals surface area contributed by atoms with Crippen LogP contribution in [0.2, 0.25) is 0 Å². The van der Waals surface area contributed by atoms with Crippen LogP contribution in [0.4, 0.5) is 29.5 Å². The van der Waals surface area contributed by atoms with Gasteiger partial charge in [-0.15, -0.1) is 11.3 Å². The zero-order valence-corrected chi connectivity index (χ0v) is 15.1. The third-order valence-corrected chi connectivity index (χ3v) is 4.30. The summed E-state index contributed by atoms with van der Waals surface area (Å²) in [6, 6.07) is 5.48. The Kier molecular flexibility index (Phi) is 5.08. The standard InChI is InChI=1S/C17H14F3N5OS/c1-9-7-11(5-6-21-9)24-15(26)14-16(27-10(2)23-14)25-12-3-4-13(22-8-12)17(18,19)20/h3-8,25H,1-2H3,(H,21,24,26). The highest BCUT2D eigenvalue weighted by atomic mass is 32.1. The number of nitrogens with one attached hydrogen (secondary N) is 2. The predicted octanol–water partition coefficient (Wildman–Crippen LogP) is 4.56. The topological polar surface area (TPSA) is 79.8 Å². The number of thiazole rings is 1. The summed E-state index contributed by atoms with van der Waals surface area (Å²) in [7, 11) is 0. The largest absolute Gasteiger partial charge is 0.433 e. The maximum atomic E-state index is 12.6. The summed E-state index contributed by atoms with van der Waals surface area (Å²) < 4.78 is 37.8. The van der Waals surface area contributed by atoms with E-state index in [9.17, 15) is 18.0 Å². The molecular formula is C17H14F3N5OS. The first-order chi connectivity index (χ1) is 12.7. The molecule has 0 aliphatic rings. The SMILES string of the molecule is Cc1cc(NC(=O)c2nc(C)sc2Nc2ccc(C(F)(F)F)nc2)ccn1. The summed E-state index contributed by atoms with van der Waals surface area (Å²) in [5.41, 5.74) is 0.795. The van der Waals surface area contributed by atoms with Gasteiger partial charge in [-0.25, -0.2) is 9.97 Å². The molecule has 10 heteroatoms. The molecular weight excluding hydrogens is 379 g/mol. The van der Waals surface area contributed by atoms with Gasteiger partial charge in [0, 0.05) is 17.6 Å². The lowest BCUT2D eigenvalue weighted by Crippen LogP contribution is -2.14. The molecule has 0 radical (unpaired) electrons. The number of hydrogen-bond acceptors (Lipinski definition) is 6. The smallest absolute Gasteiger partial charge is 0.344 e. The third kappa shape index (κ3) is 4.59. The molecule has 3 aromatic heterocycles. The van der Waals surface area contributed by atoms with Gasteiger partial charge in [-0.2, -0.15) is 13.2 Å². The Hall–Kier alpha value is -3.01. The van der Waals surface area contributed by atoms with Crippen LogP contribution < -0.4 is 10.6 Å². The lowest BCUT2D eigenvalue weighted by molar-refractivity contribution is -0.141. The number of nitrogens with zero attached hydrogens (tertiary/aromatic N) is 3. The van der Waals surface area contributed by atoms with Crippen LogP contribution in [-0.4, -0.2) is 20.9 Å². The van der Waals surface area contributed by atoms with Gasteiger partial charge in [0.1, 0.15) is 10.7 Å². The van der Waals surface area contributed by atoms with Crippen LogP contribution in [0.3, 0.4) is 0 Å². The average Bonchev–Trinajstić information content (AvgIpc) is 2.95. The van der Waals surface area contributed by atoms with Crippen molar-refractivity contribution in [3.8, 4) is 0 Å². The van der Waals surface area contributed by atoms with Gasteiger partial charge in [0.05, 0.1) is 16.9 Å². The molecule has 3 rings (SSSR count). The van der Waals surface area contributed by atoms with Gasteiger partial charge in [-0.05, 0) is 38.1 Å². The summed E-state index contributed by atoms with van der Waals surface area (Å²) in [6.45, 7) is 3.53. The van der Waals surface area contributed by atoms with Gasteiger partial charge in [0.15, 0.2) is 5.69 Å². The maximum absolute atomic E-state index is 12.6. The highest BCUT2D eigenvalue weighted by Crippen LogP contribution is 2.31. The summed E-state index contributed by atoms with van der Waals surface area (Å²) >= 11 is 1.22. The van der Waals surface area contributed by atoms with Crippen molar-refractivity contribution in [3.05, 3.63) is 58.7 Å². The third-order valence-electron chi connectivity index (χ3n) is 3.42. The number of alkyl halides is 3. The number of hydrogen-bond donors (Lipinski definition) is 2. The highest BCUT2D eigenvalue weighted by Gasteiger charge is 2.32. The Balaban J connectivity index is 1.80. The molecule has 0 saturated carbocycles. The van der Waals surface area contributed by atoms with Crippen LogP contribution in [0, 0.1) is 13.8 Å². The molecule has 2 N–H and O–H groups in total. The van der Waals surface area contributed by atoms with Crippen LogP contribution in [0.15, 0.2) is 36.7 Å². The number of halogens is 3. The fraction of sp³-hybridized carbons (Fsp3) is 0.176. The molecule has 0 aromatic carbocycles. The maximum Gasteiger partial charge on any atom is 0.433 e. The number of aromatic nitrogens is 3. The lowest BCUT2D eigenvalue weighted by atomic mass is 10.3. The Bertz CT molecular complexity index is 969. The molecule has 0 aliphatic heterocycles. The van der Waals surface area contributed by atoms with Crippen LogP contribution in [0.5, 0.6) is 0 Å². The van der Waals surface area contributed by atoms with E-state index in [4.69, 9.17) is 0 Å². The minimum Gasteiger partial charge on any atom is -0.344 e. The van der Waals surface area contributed by atoms with Gasteiger partial charge in [0.2, 0.25) is 0 Å². The summed E-state index contributed by atoms with van der Waals surface area (Å²) in [4.78, 5) is 24.2. The number of amides is 1. The molecule has 3 heterocycles. The van der Waals surface area contributed by atoms with Crippen LogP contribution in [0.25, 0.3) is 0 Å². The highest BCUT2D eigenvalue weighted by molar-refractivity contribution is 7.16. The quantitative estimate of drug-likeness (QED) is 0.679. The number of anilines is 3. The molecule has 0 saturated heterocycles. The number of pyridine rings is 2. The number of carbonyl (C=O) groups excluding carboxylic acids is 1. The molecule has 0 bridgehead atoms. The molecule has 1 amide bonds. The van der Waals surface area contributed by atoms with Crippen LogP contribution in [0.1, 0.15) is 26.9 Å². The van der Waals surface area contributed by atoms with E-state index in [1.807, 2.05) is 0 Å². The first-order valence-corrected chi connectivity index (χ1v) is 8.56. The van der Waals surface area contributed by atoms with Crippen LogP contribution >= 0.6 is 11.3 Å². The first-order valence-electron chi connectivity index (χ1n) is 7.74. The summed E-state index contributed by atoms with van der Waals surface area (Å²) in [5.74, 6) is -0.438. The second-order valence-electron chi connectivity index (χ2n) is 5.61. The van der Waals surface area contributed by atoms with Gasteiger partial charge in [0.25, 0.3) is 5.91 Å². The summed E-state index contributed by atoms with van der Waals surface area (Å²) in [6.07, 6.45) is -1.87. The zero-order valence-electron chi connectivity index (χ0n) is 14.3. The fourth-order valence-electron chi connectivity index (χ4n) is 2.25. The van der Waals surface area contributed by atoms with Gasteiger partial charge in [-0.1, -0.05) is 0 Å². The minimum atomic E-state index is -4.51. The fourth-order valence-corrected chi connectivity index (χ4v) is 3.08. The van der Waals surface area contributed by atoms with Crippen molar-refractivity contribution < 1.29 is 18.0 Å². The van der Waals surface area contributed by atoms with Gasteiger partial charge in [-0.3, -0.25) is 9.78 Å². The minimum absolute atomic E-state index is 0.145. The zero-order chi connectivity index (χ0) is 19.6. The molecule has 0 atom stereocenters. The molecule has 0 fully saturated rings. The van der Waals surface area contributed by atoms with Crippen molar-refractivity contribution in [2.75, 3.05) is 10.6 Å². The summed E-state index contributed by atoms with van der Waals surface area (Å²) in [5, 5.41) is 6.68. The van der Waals surface area contributed by atoms with E-state index >= 15 is 0 Å². The van der Waals surface area contributed by atoms with Crippen molar-refractivity contribution in [2.45, 2.75) is 20.0 Å². The molecule has 27 heavy (non-hydrogen) atoms. The molecule has 0 unspecified atom stereocenters. The molecule has 6 nitrogen and oxygen atoms in total. The second kappa shape index (κ2) is 7.31. The molecule has 140 valence electrons. The molecule has 3 aromatic rings. The van der Waals surface area contributed by atoms with E-state index in [-0.39, 0.29) is 5.69 Å². The number of aryl methyl sites for hydroxylation is 2. The van der Waals surface area contributed by atoms with E-state index in [2.05, 4.69) is 25.6 Å². The average molecular weight is 393 g/mol. The lowest BCUT2D eigenvalue weighted by Gasteiger charge is -2.09. The van der Waals surface area contributed by atoms with Crippen molar-refractivity contribution in [1.29, 1.82) is 0 Å². The van der Waals surface area contributed by atoms with Gasteiger partial charge >= 0.3 is 6.18 Å². The Morgan fingerprint density at radius 3 is 2.52 bits per heavy atom. The first kappa shape index (κ1) is 18.8. The Morgan fingerprint density at radius 1 is 1.11 bits per heavy atom. The van der Waals surface area contributed by atoms with E-state index in [0.717, 1.165) is 18.0 Å². The second-order valence-corrected chi connectivity index (χ2v) is 6.81.